The smallest absolute Gasteiger partial charge is 0.366 e. The van der Waals surface area contributed by atoms with Gasteiger partial charge in [-0.05, 0) is 43.2 Å². The van der Waals surface area contributed by atoms with Gasteiger partial charge in [-0.2, -0.15) is 28.2 Å². The van der Waals surface area contributed by atoms with Gasteiger partial charge in [0, 0.05) is 30.4 Å². The first kappa shape index (κ1) is 21.1. The highest BCUT2D eigenvalue weighted by atomic mass is 35.5. The van der Waals surface area contributed by atoms with Crippen molar-refractivity contribution in [3.8, 4) is 5.69 Å². The van der Waals surface area contributed by atoms with E-state index in [0.29, 0.717) is 35.2 Å². The number of carbonyl (C=O) groups is 1. The standard InChI is InChI=1S/C20H18ClF3N6O/c21-14-4-5-17(30-26-7-8-27-30)16(10-14)19(31)29-9-1-2-15(12-29)28-18-6-3-13(11-25-18)20(22,23)24/h3-8,10-11,15H,1-2,9,12H2,(H,25,28)/t15-/m1/s1. The number of nitrogens with zero attached hydrogens (tertiary/aromatic N) is 5. The van der Waals surface area contributed by atoms with E-state index < -0.39 is 11.7 Å². The third kappa shape index (κ3) is 4.79. The Morgan fingerprint density at radius 3 is 2.61 bits per heavy atom. The summed E-state index contributed by atoms with van der Waals surface area (Å²) in [5, 5.41) is 11.7. The fraction of sp³-hybridized carbons (Fsp3) is 0.300. The van der Waals surface area contributed by atoms with Gasteiger partial charge in [-0.25, -0.2) is 4.98 Å². The van der Waals surface area contributed by atoms with Gasteiger partial charge < -0.3 is 10.2 Å². The molecule has 3 aromatic rings. The molecule has 1 aliphatic heterocycles. The molecule has 1 N–H and O–H groups in total. The number of pyridine rings is 1. The van der Waals surface area contributed by atoms with E-state index in [-0.39, 0.29) is 11.9 Å². The van der Waals surface area contributed by atoms with Crippen molar-refractivity contribution in [2.24, 2.45) is 0 Å². The summed E-state index contributed by atoms with van der Waals surface area (Å²) in [7, 11) is 0. The third-order valence-corrected chi connectivity index (χ3v) is 5.21. The number of aromatic nitrogens is 4. The van der Waals surface area contributed by atoms with Crippen LogP contribution in [0.4, 0.5) is 19.0 Å². The first-order valence-electron chi connectivity index (χ1n) is 9.56. The Morgan fingerprint density at radius 2 is 1.94 bits per heavy atom. The molecular weight excluding hydrogens is 433 g/mol. The van der Waals surface area contributed by atoms with E-state index >= 15 is 0 Å². The number of halogens is 4. The first-order chi connectivity index (χ1) is 14.8. The molecule has 0 saturated carbocycles. The van der Waals surface area contributed by atoms with Crippen molar-refractivity contribution >= 4 is 23.3 Å². The predicted octanol–water partition coefficient (Wildman–Crippen LogP) is 4.05. The Bertz CT molecular complexity index is 1060. The Balaban J connectivity index is 1.49. The van der Waals surface area contributed by atoms with Crippen molar-refractivity contribution in [3.05, 3.63) is 65.1 Å². The molecule has 11 heteroatoms. The van der Waals surface area contributed by atoms with Gasteiger partial charge in [0.15, 0.2) is 0 Å². The zero-order chi connectivity index (χ0) is 22.0. The van der Waals surface area contributed by atoms with Crippen LogP contribution in [0.5, 0.6) is 0 Å². The van der Waals surface area contributed by atoms with E-state index in [1.54, 1.807) is 23.1 Å². The highest BCUT2D eigenvalue weighted by molar-refractivity contribution is 6.31. The normalized spacial score (nSPS) is 16.9. The summed E-state index contributed by atoms with van der Waals surface area (Å²) in [6.45, 7) is 0.927. The largest absolute Gasteiger partial charge is 0.417 e. The number of hydrogen-bond acceptors (Lipinski definition) is 5. The van der Waals surface area contributed by atoms with E-state index in [0.717, 1.165) is 25.1 Å². The van der Waals surface area contributed by atoms with Crippen LogP contribution in [-0.2, 0) is 6.18 Å². The number of rotatable bonds is 4. The predicted molar refractivity (Wildman–Crippen MR) is 108 cm³/mol. The second-order valence-corrected chi connectivity index (χ2v) is 7.58. The molecule has 1 aliphatic rings. The van der Waals surface area contributed by atoms with Crippen LogP contribution in [0.1, 0.15) is 28.8 Å². The van der Waals surface area contributed by atoms with Crippen LogP contribution in [0.2, 0.25) is 5.02 Å². The molecule has 1 saturated heterocycles. The summed E-state index contributed by atoms with van der Waals surface area (Å²) in [5.74, 6) is 0.109. The van der Waals surface area contributed by atoms with E-state index in [1.807, 2.05) is 0 Å². The van der Waals surface area contributed by atoms with E-state index in [1.165, 1.54) is 23.3 Å². The Labute approximate surface area is 180 Å². The van der Waals surface area contributed by atoms with Gasteiger partial charge in [-0.3, -0.25) is 4.79 Å². The summed E-state index contributed by atoms with van der Waals surface area (Å²) in [5.41, 5.74) is 0.0788. The Hall–Kier alpha value is -3.14. The number of amides is 1. The van der Waals surface area contributed by atoms with Crippen LogP contribution >= 0.6 is 11.6 Å². The lowest BCUT2D eigenvalue weighted by Gasteiger charge is -2.33. The van der Waals surface area contributed by atoms with E-state index in [9.17, 15) is 18.0 Å². The van der Waals surface area contributed by atoms with Crippen molar-refractivity contribution in [1.29, 1.82) is 0 Å². The van der Waals surface area contributed by atoms with Crippen molar-refractivity contribution in [1.82, 2.24) is 24.9 Å². The van der Waals surface area contributed by atoms with Crippen LogP contribution in [0.3, 0.4) is 0 Å². The van der Waals surface area contributed by atoms with Crippen LogP contribution < -0.4 is 5.32 Å². The molecule has 0 spiro atoms. The van der Waals surface area contributed by atoms with E-state index in [4.69, 9.17) is 11.6 Å². The monoisotopic (exact) mass is 450 g/mol. The van der Waals surface area contributed by atoms with Crippen LogP contribution in [0, 0.1) is 0 Å². The first-order valence-corrected chi connectivity index (χ1v) is 9.94. The number of nitrogens with one attached hydrogen (secondary N) is 1. The van der Waals surface area contributed by atoms with Crippen LogP contribution in [0.15, 0.2) is 48.9 Å². The molecule has 0 bridgehead atoms. The van der Waals surface area contributed by atoms with Gasteiger partial charge in [0.1, 0.15) is 5.82 Å². The lowest BCUT2D eigenvalue weighted by Crippen LogP contribution is -2.45. The molecule has 31 heavy (non-hydrogen) atoms. The quantitative estimate of drug-likeness (QED) is 0.649. The fourth-order valence-corrected chi connectivity index (χ4v) is 3.67. The molecule has 7 nitrogen and oxygen atoms in total. The maximum absolute atomic E-state index is 13.3. The molecule has 3 heterocycles. The minimum Gasteiger partial charge on any atom is -0.366 e. The second-order valence-electron chi connectivity index (χ2n) is 7.14. The Kier molecular flexibility index (Phi) is 5.81. The third-order valence-electron chi connectivity index (χ3n) is 4.97. The highest BCUT2D eigenvalue weighted by Gasteiger charge is 2.31. The van der Waals surface area contributed by atoms with Gasteiger partial charge in [0.05, 0.1) is 29.2 Å². The van der Waals surface area contributed by atoms with Gasteiger partial charge in [-0.15, -0.1) is 0 Å². The molecule has 2 aromatic heterocycles. The van der Waals surface area contributed by atoms with Crippen molar-refractivity contribution in [2.75, 3.05) is 18.4 Å². The molecular formula is C20H18ClF3N6O. The Morgan fingerprint density at radius 1 is 1.16 bits per heavy atom. The lowest BCUT2D eigenvalue weighted by atomic mass is 10.0. The van der Waals surface area contributed by atoms with Gasteiger partial charge >= 0.3 is 6.18 Å². The molecule has 1 amide bonds. The molecule has 1 fully saturated rings. The zero-order valence-electron chi connectivity index (χ0n) is 16.2. The van der Waals surface area contributed by atoms with Crippen LogP contribution in [-0.4, -0.2) is 49.9 Å². The van der Waals surface area contributed by atoms with Gasteiger partial charge in [-0.1, -0.05) is 11.6 Å². The maximum Gasteiger partial charge on any atom is 0.417 e. The average Bonchev–Trinajstić information content (AvgIpc) is 3.28. The van der Waals surface area contributed by atoms with Crippen molar-refractivity contribution < 1.29 is 18.0 Å². The summed E-state index contributed by atoms with van der Waals surface area (Å²) >= 11 is 6.12. The summed E-state index contributed by atoms with van der Waals surface area (Å²) in [6, 6.07) is 7.05. The highest BCUT2D eigenvalue weighted by Crippen LogP contribution is 2.29. The van der Waals surface area contributed by atoms with Gasteiger partial charge in [0.2, 0.25) is 0 Å². The van der Waals surface area contributed by atoms with Gasteiger partial charge in [0.25, 0.3) is 5.91 Å². The van der Waals surface area contributed by atoms with E-state index in [2.05, 4.69) is 20.5 Å². The van der Waals surface area contributed by atoms with Crippen molar-refractivity contribution in [2.45, 2.75) is 25.1 Å². The topological polar surface area (TPSA) is 75.9 Å². The second kappa shape index (κ2) is 8.54. The number of alkyl halides is 3. The minimum atomic E-state index is -4.43. The lowest BCUT2D eigenvalue weighted by molar-refractivity contribution is -0.137. The fourth-order valence-electron chi connectivity index (χ4n) is 3.50. The molecule has 162 valence electrons. The maximum atomic E-state index is 13.3. The summed E-state index contributed by atoms with van der Waals surface area (Å²) < 4.78 is 38.2. The summed E-state index contributed by atoms with van der Waals surface area (Å²) in [4.78, 5) is 20.1. The van der Waals surface area contributed by atoms with Crippen molar-refractivity contribution in [3.63, 3.8) is 0 Å². The van der Waals surface area contributed by atoms with Crippen LogP contribution in [0.25, 0.3) is 5.69 Å². The SMILES string of the molecule is O=C(c1cc(Cl)ccc1-n1nccn1)N1CCC[C@@H](Nc2ccc(C(F)(F)F)cn2)C1. The summed E-state index contributed by atoms with van der Waals surface area (Å²) in [6.07, 6.45) is 0.887. The average molecular weight is 451 g/mol. The number of piperidine rings is 1. The number of hydrogen-bond donors (Lipinski definition) is 1. The number of benzene rings is 1. The zero-order valence-corrected chi connectivity index (χ0v) is 16.9. The molecule has 4 rings (SSSR count). The number of carbonyl (C=O) groups excluding carboxylic acids is 1. The molecule has 0 radical (unpaired) electrons. The molecule has 0 unspecified atom stereocenters. The number of anilines is 1. The molecule has 0 aliphatic carbocycles. The number of likely N-dealkylation sites (tertiary alicyclic amines) is 1. The molecule has 1 atom stereocenters. The minimum absolute atomic E-state index is 0.146. The molecule has 1 aromatic carbocycles.